The topological polar surface area (TPSA) is 29.9 Å². The van der Waals surface area contributed by atoms with Crippen LogP contribution in [0.1, 0.15) is 11.3 Å². The van der Waals surface area contributed by atoms with Crippen LogP contribution in [-0.4, -0.2) is 16.6 Å². The van der Waals surface area contributed by atoms with Gasteiger partial charge in [-0.2, -0.15) is 0 Å². The van der Waals surface area contributed by atoms with Crippen molar-refractivity contribution in [3.63, 3.8) is 0 Å². The maximum atomic E-state index is 4.12. The van der Waals surface area contributed by atoms with Gasteiger partial charge in [0.05, 0.1) is 6.33 Å². The van der Waals surface area contributed by atoms with Gasteiger partial charge in [-0.3, -0.25) is 0 Å². The molecule has 1 N–H and O–H groups in total. The van der Waals surface area contributed by atoms with E-state index < -0.39 is 0 Å². The zero-order chi connectivity index (χ0) is 12.1. The first-order valence-electron chi connectivity index (χ1n) is 5.61. The smallest absolute Gasteiger partial charge is 0.0945 e. The van der Waals surface area contributed by atoms with Crippen molar-refractivity contribution < 1.29 is 0 Å². The average Bonchev–Trinajstić information content (AvgIpc) is 2.73. The minimum Gasteiger partial charge on any atom is -0.337 e. The van der Waals surface area contributed by atoms with E-state index in [1.165, 1.54) is 16.2 Å². The Morgan fingerprint density at radius 2 is 2.29 bits per heavy atom. The van der Waals surface area contributed by atoms with Crippen LogP contribution in [0.25, 0.3) is 0 Å². The fourth-order valence-corrected chi connectivity index (χ4v) is 2.63. The maximum Gasteiger partial charge on any atom is 0.0945 e. The number of thioether (sulfide) groups is 1. The van der Waals surface area contributed by atoms with Crippen molar-refractivity contribution in [2.45, 2.75) is 17.2 Å². The Hall–Kier alpha value is -1.26. The zero-order valence-corrected chi connectivity index (χ0v) is 11.0. The lowest BCUT2D eigenvalue weighted by Crippen LogP contribution is -2.04. The van der Waals surface area contributed by atoms with E-state index in [1.54, 1.807) is 0 Å². The van der Waals surface area contributed by atoms with Gasteiger partial charge in [0.15, 0.2) is 0 Å². The number of hydrogen-bond donors (Lipinski definition) is 1. The molecular weight excluding hydrogens is 230 g/mol. The normalized spacial score (nSPS) is 10.7. The van der Waals surface area contributed by atoms with E-state index in [9.17, 15) is 0 Å². The van der Waals surface area contributed by atoms with E-state index in [1.807, 2.05) is 38.4 Å². The van der Waals surface area contributed by atoms with Gasteiger partial charge in [0.2, 0.25) is 0 Å². The summed E-state index contributed by atoms with van der Waals surface area (Å²) in [6.45, 7) is 0.917. The number of aromatic nitrogens is 2. The molecule has 0 spiro atoms. The van der Waals surface area contributed by atoms with Gasteiger partial charge in [-0.15, -0.1) is 11.8 Å². The van der Waals surface area contributed by atoms with Gasteiger partial charge >= 0.3 is 0 Å². The van der Waals surface area contributed by atoms with Crippen molar-refractivity contribution in [3.05, 3.63) is 48.0 Å². The highest BCUT2D eigenvalue weighted by atomic mass is 32.2. The number of rotatable bonds is 5. The Morgan fingerprint density at radius 3 is 3.00 bits per heavy atom. The molecule has 0 aliphatic rings. The van der Waals surface area contributed by atoms with Crippen molar-refractivity contribution in [3.8, 4) is 0 Å². The van der Waals surface area contributed by atoms with E-state index in [-0.39, 0.29) is 0 Å². The molecule has 2 rings (SSSR count). The Morgan fingerprint density at radius 1 is 1.41 bits per heavy atom. The van der Waals surface area contributed by atoms with Crippen molar-refractivity contribution in [2.75, 3.05) is 7.05 Å². The van der Waals surface area contributed by atoms with Gasteiger partial charge in [0.1, 0.15) is 0 Å². The maximum absolute atomic E-state index is 4.12. The first-order valence-corrected chi connectivity index (χ1v) is 6.59. The molecule has 0 unspecified atom stereocenters. The summed E-state index contributed by atoms with van der Waals surface area (Å²) in [6.07, 6.45) is 3.76. The van der Waals surface area contributed by atoms with Crippen LogP contribution < -0.4 is 5.32 Å². The second-order valence-corrected chi connectivity index (χ2v) is 5.01. The summed E-state index contributed by atoms with van der Waals surface area (Å²) in [5, 5.41) is 3.17. The van der Waals surface area contributed by atoms with Crippen molar-refractivity contribution in [1.82, 2.24) is 14.9 Å². The van der Waals surface area contributed by atoms with Crippen LogP contribution in [0.15, 0.2) is 41.7 Å². The molecule has 0 fully saturated rings. The van der Waals surface area contributed by atoms with Gasteiger partial charge in [0, 0.05) is 36.1 Å². The van der Waals surface area contributed by atoms with Crippen molar-refractivity contribution in [1.29, 1.82) is 0 Å². The lowest BCUT2D eigenvalue weighted by molar-refractivity contribution is 0.815. The summed E-state index contributed by atoms with van der Waals surface area (Å²) < 4.78 is 2.06. The van der Waals surface area contributed by atoms with Crippen molar-refractivity contribution >= 4 is 11.8 Å². The molecule has 0 saturated carbocycles. The largest absolute Gasteiger partial charge is 0.337 e. The molecule has 3 nitrogen and oxygen atoms in total. The van der Waals surface area contributed by atoms with E-state index in [4.69, 9.17) is 0 Å². The van der Waals surface area contributed by atoms with Crippen LogP contribution in [0.3, 0.4) is 0 Å². The molecule has 0 radical (unpaired) electrons. The number of imidazole rings is 1. The van der Waals surface area contributed by atoms with E-state index >= 15 is 0 Å². The molecule has 0 bridgehead atoms. The van der Waals surface area contributed by atoms with E-state index in [0.717, 1.165) is 12.3 Å². The van der Waals surface area contributed by atoms with Crippen LogP contribution in [0, 0.1) is 0 Å². The molecule has 0 atom stereocenters. The SMILES string of the molecule is CNCc1cccc(SCc2cncn2C)c1. The molecule has 90 valence electrons. The second kappa shape index (κ2) is 5.89. The van der Waals surface area contributed by atoms with Gasteiger partial charge in [0.25, 0.3) is 0 Å². The highest BCUT2D eigenvalue weighted by Gasteiger charge is 2.01. The number of aryl methyl sites for hydroxylation is 1. The summed E-state index contributed by atoms with van der Waals surface area (Å²) in [5.41, 5.74) is 2.57. The standard InChI is InChI=1S/C13H17N3S/c1-14-7-11-4-3-5-13(6-11)17-9-12-8-15-10-16(12)2/h3-6,8,10,14H,7,9H2,1-2H3. The zero-order valence-electron chi connectivity index (χ0n) is 10.2. The quantitative estimate of drug-likeness (QED) is 0.823. The third-order valence-electron chi connectivity index (χ3n) is 2.58. The van der Waals surface area contributed by atoms with Crippen LogP contribution in [0.2, 0.25) is 0 Å². The van der Waals surface area contributed by atoms with Gasteiger partial charge in [-0.1, -0.05) is 12.1 Å². The molecule has 0 saturated heterocycles. The highest BCUT2D eigenvalue weighted by Crippen LogP contribution is 2.23. The first kappa shape index (κ1) is 12.2. The van der Waals surface area contributed by atoms with Gasteiger partial charge in [-0.25, -0.2) is 4.98 Å². The van der Waals surface area contributed by atoms with E-state index in [2.05, 4.69) is 39.1 Å². The second-order valence-electron chi connectivity index (χ2n) is 3.96. The predicted molar refractivity (Wildman–Crippen MR) is 72.0 cm³/mol. The average molecular weight is 247 g/mol. The fraction of sp³-hybridized carbons (Fsp3) is 0.308. The Bertz CT molecular complexity index is 479. The number of nitrogens with zero attached hydrogens (tertiary/aromatic N) is 2. The lowest BCUT2D eigenvalue weighted by atomic mass is 10.2. The van der Waals surface area contributed by atoms with Crippen molar-refractivity contribution in [2.24, 2.45) is 7.05 Å². The predicted octanol–water partition coefficient (Wildman–Crippen LogP) is 2.43. The van der Waals surface area contributed by atoms with Crippen LogP contribution in [-0.2, 0) is 19.3 Å². The fourth-order valence-electron chi connectivity index (χ4n) is 1.63. The molecule has 0 aliphatic heterocycles. The summed E-state index contributed by atoms with van der Waals surface area (Å²) in [7, 11) is 4.00. The molecule has 4 heteroatoms. The molecule has 1 aromatic carbocycles. The summed E-state index contributed by atoms with van der Waals surface area (Å²) in [5.74, 6) is 0.958. The van der Waals surface area contributed by atoms with Crippen LogP contribution >= 0.6 is 11.8 Å². The minimum absolute atomic E-state index is 0.917. The monoisotopic (exact) mass is 247 g/mol. The third-order valence-corrected chi connectivity index (χ3v) is 3.61. The molecule has 1 aromatic heterocycles. The molecule has 0 aliphatic carbocycles. The Balaban J connectivity index is 1.99. The van der Waals surface area contributed by atoms with Gasteiger partial charge < -0.3 is 9.88 Å². The van der Waals surface area contributed by atoms with Crippen LogP contribution in [0.5, 0.6) is 0 Å². The summed E-state index contributed by atoms with van der Waals surface area (Å²) in [4.78, 5) is 5.43. The number of benzene rings is 1. The minimum atomic E-state index is 0.917. The molecule has 0 amide bonds. The molecule has 1 heterocycles. The van der Waals surface area contributed by atoms with Gasteiger partial charge in [-0.05, 0) is 24.7 Å². The third kappa shape index (κ3) is 3.35. The number of nitrogens with one attached hydrogen (secondary N) is 1. The highest BCUT2D eigenvalue weighted by molar-refractivity contribution is 7.98. The Labute approximate surface area is 106 Å². The molecule has 17 heavy (non-hydrogen) atoms. The summed E-state index contributed by atoms with van der Waals surface area (Å²) >= 11 is 1.84. The van der Waals surface area contributed by atoms with Crippen LogP contribution in [0.4, 0.5) is 0 Å². The molecular formula is C13H17N3S. The lowest BCUT2D eigenvalue weighted by Gasteiger charge is -2.05. The Kier molecular flexibility index (Phi) is 4.23. The molecule has 2 aromatic rings. The van der Waals surface area contributed by atoms with E-state index in [0.29, 0.717) is 0 Å². The number of hydrogen-bond acceptors (Lipinski definition) is 3. The summed E-state index contributed by atoms with van der Waals surface area (Å²) in [6, 6.07) is 8.64. The first-order chi connectivity index (χ1) is 8.29.